The fraction of sp³-hybridized carbons (Fsp3) is 0.833. The molecule has 0 aromatic heterocycles. The molecule has 0 aromatic rings. The molecule has 0 bridgehead atoms. The number of hydrogen-bond acceptors (Lipinski definition) is 4. The van der Waals surface area contributed by atoms with E-state index in [0.717, 1.165) is 26.1 Å². The van der Waals surface area contributed by atoms with E-state index in [-0.39, 0.29) is 18.0 Å². The van der Waals surface area contributed by atoms with E-state index in [2.05, 4.69) is 0 Å². The van der Waals surface area contributed by atoms with Gasteiger partial charge in [-0.3, -0.25) is 14.5 Å². The maximum Gasteiger partial charge on any atom is 0.320 e. The van der Waals surface area contributed by atoms with Gasteiger partial charge < -0.3 is 9.64 Å². The van der Waals surface area contributed by atoms with Crippen LogP contribution in [0.25, 0.3) is 0 Å². The smallest absolute Gasteiger partial charge is 0.320 e. The average Bonchev–Trinajstić information content (AvgIpc) is 2.41. The summed E-state index contributed by atoms with van der Waals surface area (Å²) in [4.78, 5) is 26.6. The van der Waals surface area contributed by atoms with Crippen molar-refractivity contribution in [3.8, 4) is 0 Å². The number of rotatable bonds is 3. The van der Waals surface area contributed by atoms with Gasteiger partial charge in [0.05, 0.1) is 12.6 Å². The first kappa shape index (κ1) is 14.0. The molecule has 5 heteroatoms. The van der Waals surface area contributed by atoms with Crippen LogP contribution in [0.4, 0.5) is 0 Å². The van der Waals surface area contributed by atoms with Crippen molar-refractivity contribution in [1.29, 1.82) is 0 Å². The van der Waals surface area contributed by atoms with Crippen LogP contribution in [0.1, 0.15) is 27.2 Å². The molecule has 0 aromatic carbocycles. The molecule has 1 fully saturated rings. The molecule has 5 nitrogen and oxygen atoms in total. The van der Waals surface area contributed by atoms with Gasteiger partial charge in [-0.15, -0.1) is 0 Å². The summed E-state index contributed by atoms with van der Waals surface area (Å²) in [6.45, 7) is 8.67. The minimum atomic E-state index is -0.184. The lowest BCUT2D eigenvalue weighted by Gasteiger charge is -2.20. The summed E-state index contributed by atoms with van der Waals surface area (Å²) >= 11 is 0. The highest BCUT2D eigenvalue weighted by Crippen LogP contribution is 2.04. The van der Waals surface area contributed by atoms with E-state index in [4.69, 9.17) is 4.74 Å². The number of carbonyl (C=O) groups excluding carboxylic acids is 2. The lowest BCUT2D eigenvalue weighted by molar-refractivity contribution is -0.148. The highest BCUT2D eigenvalue weighted by molar-refractivity contribution is 5.73. The number of nitrogens with zero attached hydrogens (tertiary/aromatic N) is 2. The molecular weight excluding hydrogens is 220 g/mol. The molecule has 1 aliphatic rings. The van der Waals surface area contributed by atoms with Gasteiger partial charge in [-0.2, -0.15) is 0 Å². The molecule has 0 unspecified atom stereocenters. The maximum absolute atomic E-state index is 11.5. The van der Waals surface area contributed by atoms with E-state index >= 15 is 0 Å². The summed E-state index contributed by atoms with van der Waals surface area (Å²) in [5.41, 5.74) is 0. The van der Waals surface area contributed by atoms with Crippen molar-refractivity contribution in [2.45, 2.75) is 33.3 Å². The normalized spacial score (nSPS) is 18.0. The fourth-order valence-corrected chi connectivity index (χ4v) is 1.93. The third-order valence-electron chi connectivity index (χ3n) is 2.75. The van der Waals surface area contributed by atoms with Crippen molar-refractivity contribution in [2.75, 3.05) is 32.7 Å². The van der Waals surface area contributed by atoms with E-state index in [0.29, 0.717) is 13.1 Å². The first-order chi connectivity index (χ1) is 7.99. The molecule has 0 aliphatic carbocycles. The number of amides is 1. The van der Waals surface area contributed by atoms with Gasteiger partial charge in [-0.05, 0) is 20.3 Å². The van der Waals surface area contributed by atoms with E-state index in [1.165, 1.54) is 0 Å². The molecule has 1 amide bonds. The summed E-state index contributed by atoms with van der Waals surface area (Å²) in [5, 5.41) is 0. The highest BCUT2D eigenvalue weighted by Gasteiger charge is 2.19. The summed E-state index contributed by atoms with van der Waals surface area (Å²) < 4.78 is 5.11. The lowest BCUT2D eigenvalue weighted by atomic mass is 10.4. The molecule has 98 valence electrons. The Morgan fingerprint density at radius 2 is 1.88 bits per heavy atom. The zero-order valence-electron chi connectivity index (χ0n) is 10.9. The van der Waals surface area contributed by atoms with Gasteiger partial charge in [-0.25, -0.2) is 0 Å². The Morgan fingerprint density at radius 3 is 2.47 bits per heavy atom. The highest BCUT2D eigenvalue weighted by atomic mass is 16.5. The second-order valence-corrected chi connectivity index (χ2v) is 4.67. The van der Waals surface area contributed by atoms with Crippen LogP contribution in [0.2, 0.25) is 0 Å². The standard InChI is InChI=1S/C12H22N2O3/c1-10(2)17-12(16)9-13-5-4-6-14(8-7-13)11(3)15/h10H,4-9H2,1-3H3. The number of esters is 1. The molecule has 17 heavy (non-hydrogen) atoms. The van der Waals surface area contributed by atoms with E-state index < -0.39 is 0 Å². The molecule has 1 saturated heterocycles. The Labute approximate surface area is 103 Å². The van der Waals surface area contributed by atoms with Crippen molar-refractivity contribution in [3.05, 3.63) is 0 Å². The van der Waals surface area contributed by atoms with Crippen molar-refractivity contribution < 1.29 is 14.3 Å². The molecular formula is C12H22N2O3. The number of ether oxygens (including phenoxy) is 1. The molecule has 0 spiro atoms. The molecule has 1 aliphatic heterocycles. The fourth-order valence-electron chi connectivity index (χ4n) is 1.93. The zero-order chi connectivity index (χ0) is 12.8. The number of hydrogen-bond donors (Lipinski definition) is 0. The number of carbonyl (C=O) groups is 2. The summed E-state index contributed by atoms with van der Waals surface area (Å²) in [6, 6.07) is 0. The van der Waals surface area contributed by atoms with Gasteiger partial charge in [-0.1, -0.05) is 0 Å². The van der Waals surface area contributed by atoms with Crippen LogP contribution in [0, 0.1) is 0 Å². The Bertz CT molecular complexity index is 279. The summed E-state index contributed by atoms with van der Waals surface area (Å²) in [5.74, 6) is -0.0760. The largest absolute Gasteiger partial charge is 0.462 e. The Balaban J connectivity index is 2.36. The first-order valence-electron chi connectivity index (χ1n) is 6.16. The van der Waals surface area contributed by atoms with Gasteiger partial charge in [0.25, 0.3) is 0 Å². The van der Waals surface area contributed by atoms with Crippen LogP contribution in [-0.2, 0) is 14.3 Å². The maximum atomic E-state index is 11.5. The van der Waals surface area contributed by atoms with Crippen molar-refractivity contribution >= 4 is 11.9 Å². The third-order valence-corrected chi connectivity index (χ3v) is 2.75. The monoisotopic (exact) mass is 242 g/mol. The second-order valence-electron chi connectivity index (χ2n) is 4.67. The Morgan fingerprint density at radius 1 is 1.18 bits per heavy atom. The first-order valence-corrected chi connectivity index (χ1v) is 6.16. The zero-order valence-corrected chi connectivity index (χ0v) is 10.9. The quantitative estimate of drug-likeness (QED) is 0.676. The molecule has 0 radical (unpaired) electrons. The van der Waals surface area contributed by atoms with Gasteiger partial charge in [0.2, 0.25) is 5.91 Å². The van der Waals surface area contributed by atoms with Crippen LogP contribution in [0.15, 0.2) is 0 Å². The minimum absolute atomic E-state index is 0.0665. The molecule has 0 saturated carbocycles. The van der Waals surface area contributed by atoms with Gasteiger partial charge >= 0.3 is 5.97 Å². The molecule has 0 atom stereocenters. The van der Waals surface area contributed by atoms with E-state index in [1.54, 1.807) is 6.92 Å². The molecule has 1 heterocycles. The topological polar surface area (TPSA) is 49.9 Å². The lowest BCUT2D eigenvalue weighted by Crippen LogP contribution is -2.36. The van der Waals surface area contributed by atoms with Crippen LogP contribution in [-0.4, -0.2) is 60.5 Å². The van der Waals surface area contributed by atoms with Crippen molar-refractivity contribution in [2.24, 2.45) is 0 Å². The van der Waals surface area contributed by atoms with Crippen LogP contribution in [0.3, 0.4) is 0 Å². The third kappa shape index (κ3) is 5.17. The van der Waals surface area contributed by atoms with Crippen molar-refractivity contribution in [3.63, 3.8) is 0 Å². The predicted molar refractivity (Wildman–Crippen MR) is 64.5 cm³/mol. The van der Waals surface area contributed by atoms with Crippen LogP contribution >= 0.6 is 0 Å². The van der Waals surface area contributed by atoms with E-state index in [9.17, 15) is 9.59 Å². The predicted octanol–water partition coefficient (Wildman–Crippen LogP) is 0.492. The SMILES string of the molecule is CC(=O)N1CCCN(CC(=O)OC(C)C)CC1. The van der Waals surface area contributed by atoms with Crippen LogP contribution in [0.5, 0.6) is 0 Å². The van der Waals surface area contributed by atoms with Gasteiger partial charge in [0.1, 0.15) is 0 Å². The van der Waals surface area contributed by atoms with Crippen molar-refractivity contribution in [1.82, 2.24) is 9.80 Å². The minimum Gasteiger partial charge on any atom is -0.462 e. The average molecular weight is 242 g/mol. The Hall–Kier alpha value is -1.10. The molecule has 1 rings (SSSR count). The second kappa shape index (κ2) is 6.59. The summed E-state index contributed by atoms with van der Waals surface area (Å²) in [7, 11) is 0. The Kier molecular flexibility index (Phi) is 5.41. The van der Waals surface area contributed by atoms with E-state index in [1.807, 2.05) is 23.6 Å². The van der Waals surface area contributed by atoms with Gasteiger partial charge in [0, 0.05) is 33.1 Å². The summed E-state index contributed by atoms with van der Waals surface area (Å²) in [6.07, 6.45) is 0.845. The van der Waals surface area contributed by atoms with Crippen LogP contribution < -0.4 is 0 Å². The molecule has 0 N–H and O–H groups in total. The van der Waals surface area contributed by atoms with Gasteiger partial charge in [0.15, 0.2) is 0 Å².